The number of ether oxygens (including phenoxy) is 1. The molecule has 0 heterocycles. The van der Waals surface area contributed by atoms with E-state index in [1.165, 1.54) is 205 Å². The first-order chi connectivity index (χ1) is 37.4. The summed E-state index contributed by atoms with van der Waals surface area (Å²) < 4.78 is 30.7. The molecule has 0 aliphatic carbocycles. The summed E-state index contributed by atoms with van der Waals surface area (Å²) in [6.07, 6.45) is 71.1. The number of nitrogens with one attached hydrogen (secondary N) is 1. The molecule has 0 spiro atoms. The molecule has 9 nitrogen and oxygen atoms in total. The van der Waals surface area contributed by atoms with Gasteiger partial charge in [-0.2, -0.15) is 0 Å². The largest absolute Gasteiger partial charge is 0.472 e. The average Bonchev–Trinajstić information content (AvgIpc) is 3.39. The first-order valence-electron chi connectivity index (χ1n) is 33.0. The van der Waals surface area contributed by atoms with Crippen LogP contribution in [0.2, 0.25) is 0 Å². The zero-order chi connectivity index (χ0) is 56.4. The first kappa shape index (κ1) is 75.0. The molecule has 3 unspecified atom stereocenters. The summed E-state index contributed by atoms with van der Waals surface area (Å²) in [6, 6.07) is -0.851. The maximum absolute atomic E-state index is 13.5. The van der Waals surface area contributed by atoms with E-state index >= 15 is 0 Å². The molecule has 0 aromatic heterocycles. The third-order valence-electron chi connectivity index (χ3n) is 14.7. The van der Waals surface area contributed by atoms with Gasteiger partial charge in [-0.3, -0.25) is 18.6 Å². The Morgan fingerprint density at radius 3 is 1.21 bits per heavy atom. The fourth-order valence-electron chi connectivity index (χ4n) is 9.61. The maximum atomic E-state index is 13.5. The van der Waals surface area contributed by atoms with Gasteiger partial charge in [0.15, 0.2) is 0 Å². The van der Waals surface area contributed by atoms with E-state index in [9.17, 15) is 19.0 Å². The second-order valence-corrected chi connectivity index (χ2v) is 25.1. The summed E-state index contributed by atoms with van der Waals surface area (Å²) in [7, 11) is 1.50. The summed E-state index contributed by atoms with van der Waals surface area (Å²) >= 11 is 0. The van der Waals surface area contributed by atoms with Crippen LogP contribution in [-0.4, -0.2) is 74.3 Å². The van der Waals surface area contributed by atoms with Gasteiger partial charge in [-0.15, -0.1) is 0 Å². The number of carbonyl (C=O) groups is 2. The first-order valence-corrected chi connectivity index (χ1v) is 34.5. The normalized spacial score (nSPS) is 13.9. The van der Waals surface area contributed by atoms with Gasteiger partial charge in [0.1, 0.15) is 19.3 Å². The highest BCUT2D eigenvalue weighted by Crippen LogP contribution is 2.43. The molecule has 0 aromatic rings. The molecule has 0 saturated heterocycles. The Bertz CT molecular complexity index is 1460. The number of amides is 1. The lowest BCUT2D eigenvalue weighted by Crippen LogP contribution is -2.47. The van der Waals surface area contributed by atoms with Gasteiger partial charge >= 0.3 is 13.8 Å². The van der Waals surface area contributed by atoms with E-state index in [4.69, 9.17) is 13.8 Å². The molecule has 77 heavy (non-hydrogen) atoms. The van der Waals surface area contributed by atoms with Crippen LogP contribution < -0.4 is 5.32 Å². The molecule has 3 atom stereocenters. The molecule has 2 N–H and O–H groups in total. The molecule has 0 aromatic carbocycles. The minimum atomic E-state index is -4.45. The van der Waals surface area contributed by atoms with Crippen LogP contribution in [0.1, 0.15) is 316 Å². The Kier molecular flexibility index (Phi) is 55.7. The van der Waals surface area contributed by atoms with Gasteiger partial charge in [0, 0.05) is 12.8 Å². The monoisotopic (exact) mass is 1100 g/mol. The number of esters is 1. The van der Waals surface area contributed by atoms with E-state index in [0.29, 0.717) is 23.9 Å². The van der Waals surface area contributed by atoms with Crippen LogP contribution in [0.4, 0.5) is 0 Å². The molecule has 10 heteroatoms. The third-order valence-corrected chi connectivity index (χ3v) is 15.7. The van der Waals surface area contributed by atoms with Gasteiger partial charge in [-0.1, -0.05) is 262 Å². The number of allylic oxidation sites excluding steroid dienone is 7. The van der Waals surface area contributed by atoms with Gasteiger partial charge in [-0.05, 0) is 89.5 Å². The van der Waals surface area contributed by atoms with E-state index in [0.717, 1.165) is 77.0 Å². The third kappa shape index (κ3) is 58.4. The molecule has 0 aliphatic heterocycles. The fraction of sp³-hybridized carbons (Fsp3) is 0.851. The standard InChI is InChI=1S/C67H127N2O7P/c1-7-10-13-16-19-22-25-27-29-31-32-33-34-35-36-38-40-42-45-48-51-54-57-60-67(71)76-65(58-55-52-49-46-43-24-21-18-15-12-9-3)64(63-75-77(72,73)74-62-61-69(4,5)6)68-66(70)59-56-53-50-47-44-41-39-37-30-28-26-23-20-17-14-11-8-2/h20,23,27-30,55,58,64-65H,7-19,21-22,24-26,31-54,56-57,59-63H2,1-6H3,(H-,68,70,72,73)/p+1/b23-20-,29-27+,30-28-,58-55-. The van der Waals surface area contributed by atoms with Crippen LogP contribution in [0.15, 0.2) is 48.6 Å². The highest BCUT2D eigenvalue weighted by atomic mass is 31.2. The molecular formula is C67H128N2O7P+. The second kappa shape index (κ2) is 57.2. The van der Waals surface area contributed by atoms with Crippen molar-refractivity contribution in [2.45, 2.75) is 328 Å². The molecule has 1 amide bonds. The van der Waals surface area contributed by atoms with Crippen molar-refractivity contribution >= 4 is 19.7 Å². The lowest BCUT2D eigenvalue weighted by molar-refractivity contribution is -0.870. The van der Waals surface area contributed by atoms with Crippen molar-refractivity contribution in [2.75, 3.05) is 40.9 Å². The zero-order valence-electron chi connectivity index (χ0n) is 51.7. The second-order valence-electron chi connectivity index (χ2n) is 23.6. The van der Waals surface area contributed by atoms with E-state index in [2.05, 4.69) is 62.5 Å². The summed E-state index contributed by atoms with van der Waals surface area (Å²) in [5, 5.41) is 3.06. The summed E-state index contributed by atoms with van der Waals surface area (Å²) in [4.78, 5) is 37.7. The number of unbranched alkanes of at least 4 members (excludes halogenated alkanes) is 38. The maximum Gasteiger partial charge on any atom is 0.472 e. The van der Waals surface area contributed by atoms with Crippen LogP contribution in [0.5, 0.6) is 0 Å². The van der Waals surface area contributed by atoms with Crippen molar-refractivity contribution in [3.05, 3.63) is 48.6 Å². The molecule has 0 aliphatic rings. The van der Waals surface area contributed by atoms with E-state index in [-0.39, 0.29) is 25.1 Å². The minimum absolute atomic E-state index is 0.0392. The predicted molar refractivity (Wildman–Crippen MR) is 332 cm³/mol. The van der Waals surface area contributed by atoms with Gasteiger partial charge in [0.2, 0.25) is 5.91 Å². The lowest BCUT2D eigenvalue weighted by atomic mass is 10.0. The Balaban J connectivity index is 5.10. The summed E-state index contributed by atoms with van der Waals surface area (Å²) in [5.74, 6) is -0.504. The molecule has 0 radical (unpaired) electrons. The number of hydrogen-bond acceptors (Lipinski definition) is 6. The van der Waals surface area contributed by atoms with Gasteiger partial charge in [-0.25, -0.2) is 4.57 Å². The lowest BCUT2D eigenvalue weighted by Gasteiger charge is -2.27. The minimum Gasteiger partial charge on any atom is -0.456 e. The highest BCUT2D eigenvalue weighted by molar-refractivity contribution is 7.47. The van der Waals surface area contributed by atoms with Crippen molar-refractivity contribution in [2.24, 2.45) is 0 Å². The van der Waals surface area contributed by atoms with Crippen molar-refractivity contribution < 1.29 is 37.3 Å². The van der Waals surface area contributed by atoms with Crippen LogP contribution in [0.25, 0.3) is 0 Å². The van der Waals surface area contributed by atoms with E-state index in [1.807, 2.05) is 33.3 Å². The number of likely N-dealkylation sites (N-methyl/N-ethyl adjacent to an activating group) is 1. The number of nitrogens with zero attached hydrogens (tertiary/aromatic N) is 1. The zero-order valence-corrected chi connectivity index (χ0v) is 52.6. The number of rotatable bonds is 60. The molecule has 452 valence electrons. The van der Waals surface area contributed by atoms with Gasteiger partial charge in [0.25, 0.3) is 0 Å². The predicted octanol–water partition coefficient (Wildman–Crippen LogP) is 20.5. The van der Waals surface area contributed by atoms with Crippen molar-refractivity contribution in [3.8, 4) is 0 Å². The van der Waals surface area contributed by atoms with Crippen molar-refractivity contribution in [1.82, 2.24) is 5.32 Å². The van der Waals surface area contributed by atoms with Crippen LogP contribution >= 0.6 is 7.82 Å². The molecule has 0 fully saturated rings. The quantitative estimate of drug-likeness (QED) is 0.0205. The van der Waals surface area contributed by atoms with Crippen molar-refractivity contribution in [1.29, 1.82) is 0 Å². The topological polar surface area (TPSA) is 111 Å². The number of phosphoric ester groups is 1. The number of phosphoric acid groups is 1. The van der Waals surface area contributed by atoms with Gasteiger partial charge in [0.05, 0.1) is 33.8 Å². The highest BCUT2D eigenvalue weighted by Gasteiger charge is 2.30. The Hall–Kier alpha value is -2.03. The number of quaternary nitrogens is 1. The Morgan fingerprint density at radius 2 is 0.792 bits per heavy atom. The van der Waals surface area contributed by atoms with E-state index in [1.54, 1.807) is 0 Å². The van der Waals surface area contributed by atoms with Crippen LogP contribution in [0, 0.1) is 0 Å². The SMILES string of the molecule is CCCCC/C=C\C/C=C\CCCCCCCCCC(=O)NC(COP(=O)(O)OCC[N+](C)(C)C)C(/C=C\CCCCCCCCCCC)OC(=O)CCCCCCCCCCCCCCC/C=C/CCCCCCCC. The number of hydrogen-bond donors (Lipinski definition) is 2. The molecule has 0 bridgehead atoms. The molecular weight excluding hydrogens is 976 g/mol. The van der Waals surface area contributed by atoms with E-state index < -0.39 is 20.0 Å². The fourth-order valence-corrected chi connectivity index (χ4v) is 10.3. The molecule has 0 rings (SSSR count). The van der Waals surface area contributed by atoms with Crippen molar-refractivity contribution in [3.63, 3.8) is 0 Å². The summed E-state index contributed by atoms with van der Waals surface area (Å²) in [6.45, 7) is 7.00. The van der Waals surface area contributed by atoms with Crippen LogP contribution in [0.3, 0.4) is 0 Å². The smallest absolute Gasteiger partial charge is 0.456 e. The Morgan fingerprint density at radius 1 is 0.455 bits per heavy atom. The number of carbonyl (C=O) groups excluding carboxylic acids is 2. The summed E-state index contributed by atoms with van der Waals surface area (Å²) in [5.41, 5.74) is 0. The van der Waals surface area contributed by atoms with Gasteiger partial charge < -0.3 is 19.4 Å². The molecule has 0 saturated carbocycles. The van der Waals surface area contributed by atoms with Crippen LogP contribution in [-0.2, 0) is 27.9 Å². The average molecular weight is 1100 g/mol. The Labute approximate surface area is 478 Å².